The average molecular weight is 319 g/mol. The van der Waals surface area contributed by atoms with Gasteiger partial charge in [0.2, 0.25) is 0 Å². The smallest absolute Gasteiger partial charge is 0.262 e. The van der Waals surface area contributed by atoms with Gasteiger partial charge in [-0.05, 0) is 25.8 Å². The topological polar surface area (TPSA) is 55.2 Å². The Labute approximate surface area is 131 Å². The van der Waals surface area contributed by atoms with E-state index < -0.39 is 10.0 Å². The number of imidazole rings is 1. The molecule has 0 saturated carbocycles. The largest absolute Gasteiger partial charge is 0.339 e. The van der Waals surface area contributed by atoms with Crippen molar-refractivity contribution in [2.24, 2.45) is 7.05 Å². The molecule has 1 aromatic carbocycles. The molecule has 1 fully saturated rings. The number of sulfonamides is 1. The van der Waals surface area contributed by atoms with Crippen molar-refractivity contribution in [2.75, 3.05) is 0 Å². The second-order valence-corrected chi connectivity index (χ2v) is 7.84. The minimum Gasteiger partial charge on any atom is -0.339 e. The quantitative estimate of drug-likeness (QED) is 0.873. The molecule has 3 atom stereocenters. The van der Waals surface area contributed by atoms with Crippen LogP contribution in [0.3, 0.4) is 0 Å². The third-order valence-electron chi connectivity index (χ3n) is 4.46. The van der Waals surface area contributed by atoms with Gasteiger partial charge in [-0.15, -0.1) is 0 Å². The van der Waals surface area contributed by atoms with Crippen molar-refractivity contribution < 1.29 is 8.42 Å². The van der Waals surface area contributed by atoms with Gasteiger partial charge in [-0.1, -0.05) is 30.3 Å². The molecule has 1 aromatic heterocycles. The molecule has 2 heterocycles. The summed E-state index contributed by atoms with van der Waals surface area (Å²) >= 11 is 0. The lowest BCUT2D eigenvalue weighted by Gasteiger charge is -2.26. The summed E-state index contributed by atoms with van der Waals surface area (Å²) in [6, 6.07) is 10.0. The van der Waals surface area contributed by atoms with Gasteiger partial charge in [0, 0.05) is 31.2 Å². The van der Waals surface area contributed by atoms with Crippen LogP contribution >= 0.6 is 0 Å². The molecule has 0 radical (unpaired) electrons. The average Bonchev–Trinajstić information content (AvgIpc) is 3.04. The maximum absolute atomic E-state index is 12.9. The summed E-state index contributed by atoms with van der Waals surface area (Å²) in [5.74, 6) is 0.217. The van der Waals surface area contributed by atoms with Crippen LogP contribution in [0.2, 0.25) is 0 Å². The highest BCUT2D eigenvalue weighted by atomic mass is 32.2. The molecule has 0 amide bonds. The highest BCUT2D eigenvalue weighted by Crippen LogP contribution is 2.40. The van der Waals surface area contributed by atoms with Crippen LogP contribution in [0, 0.1) is 0 Å². The number of aryl methyl sites for hydroxylation is 1. The molecule has 1 saturated heterocycles. The minimum atomic E-state index is -3.56. The van der Waals surface area contributed by atoms with E-state index in [9.17, 15) is 8.42 Å². The Morgan fingerprint density at radius 2 is 1.86 bits per heavy atom. The van der Waals surface area contributed by atoms with Gasteiger partial charge in [0.25, 0.3) is 10.0 Å². The molecule has 1 aliphatic rings. The van der Waals surface area contributed by atoms with Crippen LogP contribution in [0.25, 0.3) is 0 Å². The fourth-order valence-corrected chi connectivity index (χ4v) is 5.29. The van der Waals surface area contributed by atoms with Gasteiger partial charge in [-0.3, -0.25) is 0 Å². The Balaban J connectivity index is 1.95. The van der Waals surface area contributed by atoms with Crippen molar-refractivity contribution >= 4 is 10.0 Å². The minimum absolute atomic E-state index is 0.0350. The number of rotatable bonds is 3. The molecule has 0 aliphatic carbocycles. The lowest BCUT2D eigenvalue weighted by atomic mass is 9.92. The van der Waals surface area contributed by atoms with Crippen LogP contribution in [0.4, 0.5) is 0 Å². The van der Waals surface area contributed by atoms with Crippen molar-refractivity contribution in [3.05, 3.63) is 48.4 Å². The third-order valence-corrected chi connectivity index (χ3v) is 6.45. The van der Waals surface area contributed by atoms with Crippen molar-refractivity contribution in [1.29, 1.82) is 0 Å². The van der Waals surface area contributed by atoms with Crippen LogP contribution in [0.1, 0.15) is 31.7 Å². The Bertz CT molecular complexity index is 755. The van der Waals surface area contributed by atoms with Crippen LogP contribution in [0.5, 0.6) is 0 Å². The van der Waals surface area contributed by atoms with E-state index in [1.54, 1.807) is 22.1 Å². The fraction of sp³-hybridized carbons (Fsp3) is 0.438. The van der Waals surface area contributed by atoms with E-state index in [1.807, 2.05) is 32.0 Å². The number of aromatic nitrogens is 2. The van der Waals surface area contributed by atoms with Crippen molar-refractivity contribution in [3.63, 3.8) is 0 Å². The van der Waals surface area contributed by atoms with E-state index in [4.69, 9.17) is 0 Å². The molecule has 5 nitrogen and oxygen atoms in total. The van der Waals surface area contributed by atoms with Gasteiger partial charge in [-0.25, -0.2) is 13.4 Å². The summed E-state index contributed by atoms with van der Waals surface area (Å²) in [5, 5.41) is 0.127. The first-order valence-electron chi connectivity index (χ1n) is 7.47. The normalized spacial score (nSPS) is 26.4. The molecular weight excluding hydrogens is 298 g/mol. The Kier molecular flexibility index (Phi) is 3.82. The maximum Gasteiger partial charge on any atom is 0.262 e. The maximum atomic E-state index is 12.9. The van der Waals surface area contributed by atoms with Gasteiger partial charge in [0.15, 0.2) is 5.03 Å². The number of hydrogen-bond acceptors (Lipinski definition) is 3. The standard InChI is InChI=1S/C16H21N3O2S/c1-12-9-15(14-7-5-4-6-8-14)13(2)19(12)22(20,21)16-10-18(3)11-17-16/h4-8,10-13,15H,9H2,1-3H3. The first-order chi connectivity index (χ1) is 10.4. The second-order valence-electron chi connectivity index (χ2n) is 6.05. The van der Waals surface area contributed by atoms with Crippen LogP contribution < -0.4 is 0 Å². The van der Waals surface area contributed by atoms with Crippen molar-refractivity contribution in [2.45, 2.75) is 43.3 Å². The highest BCUT2D eigenvalue weighted by molar-refractivity contribution is 7.89. The zero-order valence-corrected chi connectivity index (χ0v) is 13.9. The summed E-state index contributed by atoms with van der Waals surface area (Å²) in [6.07, 6.45) is 3.91. The Hall–Kier alpha value is -1.66. The predicted octanol–water partition coefficient (Wildman–Crippen LogP) is 2.38. The lowest BCUT2D eigenvalue weighted by Crippen LogP contribution is -2.39. The summed E-state index contributed by atoms with van der Waals surface area (Å²) in [5.41, 5.74) is 1.19. The zero-order valence-electron chi connectivity index (χ0n) is 13.0. The molecule has 1 aliphatic heterocycles. The Morgan fingerprint density at radius 1 is 1.18 bits per heavy atom. The molecule has 0 N–H and O–H groups in total. The second kappa shape index (κ2) is 5.52. The molecule has 0 spiro atoms. The van der Waals surface area contributed by atoms with E-state index in [0.29, 0.717) is 0 Å². The third kappa shape index (κ3) is 2.46. The number of nitrogens with zero attached hydrogens (tertiary/aromatic N) is 3. The zero-order chi connectivity index (χ0) is 15.9. The molecule has 0 bridgehead atoms. The molecular formula is C16H21N3O2S. The van der Waals surface area contributed by atoms with E-state index >= 15 is 0 Å². The van der Waals surface area contributed by atoms with Crippen molar-refractivity contribution in [1.82, 2.24) is 13.9 Å². The van der Waals surface area contributed by atoms with E-state index in [1.165, 1.54) is 11.9 Å². The van der Waals surface area contributed by atoms with Crippen LogP contribution in [-0.4, -0.2) is 34.4 Å². The first-order valence-corrected chi connectivity index (χ1v) is 8.91. The monoisotopic (exact) mass is 319 g/mol. The van der Waals surface area contributed by atoms with Gasteiger partial charge in [0.05, 0.1) is 6.33 Å². The fourth-order valence-electron chi connectivity index (χ4n) is 3.45. The molecule has 2 aromatic rings. The summed E-state index contributed by atoms with van der Waals surface area (Å²) in [7, 11) is -1.78. The van der Waals surface area contributed by atoms with Crippen LogP contribution in [-0.2, 0) is 17.1 Å². The van der Waals surface area contributed by atoms with Gasteiger partial charge in [0.1, 0.15) is 0 Å². The van der Waals surface area contributed by atoms with E-state index in [2.05, 4.69) is 17.1 Å². The molecule has 118 valence electrons. The summed E-state index contributed by atoms with van der Waals surface area (Å²) < 4.78 is 29.1. The predicted molar refractivity (Wildman–Crippen MR) is 85.0 cm³/mol. The van der Waals surface area contributed by atoms with E-state index in [-0.39, 0.29) is 23.0 Å². The molecule has 3 unspecified atom stereocenters. The Morgan fingerprint density at radius 3 is 2.45 bits per heavy atom. The summed E-state index contributed by atoms with van der Waals surface area (Å²) in [6.45, 7) is 3.96. The highest BCUT2D eigenvalue weighted by Gasteiger charge is 2.44. The SMILES string of the molecule is CC1CC(c2ccccc2)C(C)N1S(=O)(=O)c1cn(C)cn1. The molecule has 6 heteroatoms. The first kappa shape index (κ1) is 15.2. The number of hydrogen-bond donors (Lipinski definition) is 0. The molecule has 22 heavy (non-hydrogen) atoms. The number of benzene rings is 1. The summed E-state index contributed by atoms with van der Waals surface area (Å²) in [4.78, 5) is 4.03. The van der Waals surface area contributed by atoms with Crippen LogP contribution in [0.15, 0.2) is 47.9 Å². The lowest BCUT2D eigenvalue weighted by molar-refractivity contribution is 0.342. The molecule has 3 rings (SSSR count). The van der Waals surface area contributed by atoms with Gasteiger partial charge < -0.3 is 4.57 Å². The van der Waals surface area contributed by atoms with Gasteiger partial charge in [-0.2, -0.15) is 4.31 Å². The van der Waals surface area contributed by atoms with E-state index in [0.717, 1.165) is 6.42 Å². The van der Waals surface area contributed by atoms with Gasteiger partial charge >= 0.3 is 0 Å². The van der Waals surface area contributed by atoms with Crippen molar-refractivity contribution in [3.8, 4) is 0 Å².